The highest BCUT2D eigenvalue weighted by atomic mass is 16.3. The summed E-state index contributed by atoms with van der Waals surface area (Å²) in [5, 5.41) is 3.64. The minimum absolute atomic E-state index is 0.0140. The van der Waals surface area contributed by atoms with Gasteiger partial charge in [-0.25, -0.2) is 0 Å². The van der Waals surface area contributed by atoms with E-state index in [0.29, 0.717) is 0 Å². The summed E-state index contributed by atoms with van der Waals surface area (Å²) in [7, 11) is 0. The van der Waals surface area contributed by atoms with Gasteiger partial charge in [0, 0.05) is 5.54 Å². The molecule has 0 radical (unpaired) electrons. The maximum atomic E-state index is 5.63. The lowest BCUT2D eigenvalue weighted by Gasteiger charge is -2.28. The molecule has 0 fully saturated rings. The molecule has 2 aromatic rings. The predicted molar refractivity (Wildman–Crippen MR) is 88.6 cm³/mol. The van der Waals surface area contributed by atoms with Crippen LogP contribution in [0.25, 0.3) is 0 Å². The van der Waals surface area contributed by atoms with E-state index in [1.807, 2.05) is 12.1 Å². The van der Waals surface area contributed by atoms with Crippen LogP contribution in [0, 0.1) is 0 Å². The molecule has 1 aromatic carbocycles. The van der Waals surface area contributed by atoms with Gasteiger partial charge in [0.25, 0.3) is 0 Å². The van der Waals surface area contributed by atoms with Crippen LogP contribution < -0.4 is 5.32 Å². The lowest BCUT2D eigenvalue weighted by atomic mass is 9.86. The van der Waals surface area contributed by atoms with Gasteiger partial charge in [0.2, 0.25) is 0 Å². The summed E-state index contributed by atoms with van der Waals surface area (Å²) in [6.07, 6.45) is 1.73. The van der Waals surface area contributed by atoms with E-state index in [-0.39, 0.29) is 17.0 Å². The van der Waals surface area contributed by atoms with Crippen LogP contribution in [0.5, 0.6) is 0 Å². The minimum atomic E-state index is 0.0140. The first-order chi connectivity index (χ1) is 9.67. The summed E-state index contributed by atoms with van der Waals surface area (Å²) in [4.78, 5) is 0. The Morgan fingerprint density at radius 1 is 0.905 bits per heavy atom. The van der Waals surface area contributed by atoms with Crippen LogP contribution in [-0.2, 0) is 5.41 Å². The summed E-state index contributed by atoms with van der Waals surface area (Å²) in [6, 6.07) is 12.9. The minimum Gasteiger partial charge on any atom is -0.467 e. The summed E-state index contributed by atoms with van der Waals surface area (Å²) in [5.41, 5.74) is 2.77. The number of nitrogens with one attached hydrogen (secondary N) is 1. The standard InChI is InChI=1S/C19H27NO/c1-18(2,3)15-11-9-14(10-12-15)17(20-19(4,5)6)16-8-7-13-21-16/h7-13,17,20H,1-6H3. The topological polar surface area (TPSA) is 25.2 Å². The van der Waals surface area contributed by atoms with E-state index >= 15 is 0 Å². The molecule has 0 saturated carbocycles. The van der Waals surface area contributed by atoms with Crippen molar-refractivity contribution in [1.82, 2.24) is 5.32 Å². The SMILES string of the molecule is CC(C)(C)NC(c1ccc(C(C)(C)C)cc1)c1ccco1. The second-order valence-electron chi connectivity index (χ2n) is 7.71. The van der Waals surface area contributed by atoms with E-state index in [9.17, 15) is 0 Å². The molecule has 114 valence electrons. The molecule has 0 bridgehead atoms. The first-order valence-electron chi connectivity index (χ1n) is 7.58. The monoisotopic (exact) mass is 285 g/mol. The summed E-state index contributed by atoms with van der Waals surface area (Å²) >= 11 is 0. The maximum Gasteiger partial charge on any atom is 0.125 e. The Bertz CT molecular complexity index is 553. The zero-order valence-corrected chi connectivity index (χ0v) is 14.0. The fraction of sp³-hybridized carbons (Fsp3) is 0.474. The zero-order chi connectivity index (χ0) is 15.7. The molecule has 1 atom stereocenters. The van der Waals surface area contributed by atoms with Crippen molar-refractivity contribution in [3.63, 3.8) is 0 Å². The van der Waals surface area contributed by atoms with Gasteiger partial charge in [0.15, 0.2) is 0 Å². The lowest BCUT2D eigenvalue weighted by Crippen LogP contribution is -2.39. The van der Waals surface area contributed by atoms with E-state index in [4.69, 9.17) is 4.42 Å². The van der Waals surface area contributed by atoms with Crippen LogP contribution in [-0.4, -0.2) is 5.54 Å². The van der Waals surface area contributed by atoms with Crippen LogP contribution in [0.4, 0.5) is 0 Å². The molecule has 0 saturated heterocycles. The average molecular weight is 285 g/mol. The van der Waals surface area contributed by atoms with Gasteiger partial charge in [-0.05, 0) is 49.4 Å². The highest BCUT2D eigenvalue weighted by molar-refractivity contribution is 5.32. The fourth-order valence-corrected chi connectivity index (χ4v) is 2.38. The van der Waals surface area contributed by atoms with Gasteiger partial charge in [-0.2, -0.15) is 0 Å². The highest BCUT2D eigenvalue weighted by Gasteiger charge is 2.23. The molecule has 0 amide bonds. The Balaban J connectivity index is 2.33. The van der Waals surface area contributed by atoms with Gasteiger partial charge >= 0.3 is 0 Å². The molecule has 21 heavy (non-hydrogen) atoms. The van der Waals surface area contributed by atoms with E-state index < -0.39 is 0 Å². The molecule has 1 heterocycles. The third-order valence-corrected chi connectivity index (χ3v) is 3.52. The number of hydrogen-bond acceptors (Lipinski definition) is 2. The molecule has 1 aromatic heterocycles. The van der Waals surface area contributed by atoms with Crippen LogP contribution in [0.15, 0.2) is 47.1 Å². The van der Waals surface area contributed by atoms with Crippen LogP contribution in [0.3, 0.4) is 0 Å². The molecule has 0 aliphatic rings. The van der Waals surface area contributed by atoms with E-state index in [1.165, 1.54) is 11.1 Å². The Morgan fingerprint density at radius 2 is 1.52 bits per heavy atom. The van der Waals surface area contributed by atoms with Crippen LogP contribution in [0.1, 0.15) is 64.5 Å². The molecule has 2 heteroatoms. The first kappa shape index (κ1) is 15.8. The molecule has 2 rings (SSSR count). The molecule has 0 aliphatic heterocycles. The molecular formula is C19H27NO. The molecule has 2 nitrogen and oxygen atoms in total. The van der Waals surface area contributed by atoms with Crippen molar-refractivity contribution in [2.75, 3.05) is 0 Å². The number of benzene rings is 1. The molecule has 1 N–H and O–H groups in total. The Morgan fingerprint density at radius 3 is 1.95 bits per heavy atom. The third kappa shape index (κ3) is 4.21. The van der Waals surface area contributed by atoms with Gasteiger partial charge in [-0.15, -0.1) is 0 Å². The highest BCUT2D eigenvalue weighted by Crippen LogP contribution is 2.28. The smallest absolute Gasteiger partial charge is 0.125 e. The molecule has 0 spiro atoms. The Labute approximate surface area is 128 Å². The summed E-state index contributed by atoms with van der Waals surface area (Å²) in [5.74, 6) is 0.952. The van der Waals surface area contributed by atoms with Crippen molar-refractivity contribution in [1.29, 1.82) is 0 Å². The van der Waals surface area contributed by atoms with Crippen molar-refractivity contribution in [2.24, 2.45) is 0 Å². The van der Waals surface area contributed by atoms with Gasteiger partial charge < -0.3 is 4.42 Å². The Hall–Kier alpha value is -1.54. The van der Waals surface area contributed by atoms with Gasteiger partial charge in [0.05, 0.1) is 12.3 Å². The fourth-order valence-electron chi connectivity index (χ4n) is 2.38. The van der Waals surface area contributed by atoms with Crippen LogP contribution in [0.2, 0.25) is 0 Å². The van der Waals surface area contributed by atoms with E-state index in [1.54, 1.807) is 6.26 Å². The second kappa shape index (κ2) is 5.69. The number of rotatable bonds is 3. The summed E-state index contributed by atoms with van der Waals surface area (Å²) in [6.45, 7) is 13.2. The number of furan rings is 1. The Kier molecular flexibility index (Phi) is 4.29. The quantitative estimate of drug-likeness (QED) is 0.853. The van der Waals surface area contributed by atoms with Gasteiger partial charge in [-0.3, -0.25) is 5.32 Å². The predicted octanol–water partition coefficient (Wildman–Crippen LogP) is 5.05. The molecule has 1 unspecified atom stereocenters. The van der Waals surface area contributed by atoms with E-state index in [2.05, 4.69) is 71.1 Å². The normalized spacial score (nSPS) is 14.2. The largest absolute Gasteiger partial charge is 0.467 e. The lowest BCUT2D eigenvalue weighted by molar-refractivity contribution is 0.352. The molecule has 0 aliphatic carbocycles. The van der Waals surface area contributed by atoms with E-state index in [0.717, 1.165) is 5.76 Å². The molecular weight excluding hydrogens is 258 g/mol. The van der Waals surface area contributed by atoms with Gasteiger partial charge in [0.1, 0.15) is 5.76 Å². The van der Waals surface area contributed by atoms with Crippen molar-refractivity contribution in [3.05, 3.63) is 59.5 Å². The number of hydrogen-bond donors (Lipinski definition) is 1. The first-order valence-corrected chi connectivity index (χ1v) is 7.58. The van der Waals surface area contributed by atoms with Crippen molar-refractivity contribution in [2.45, 2.75) is 58.5 Å². The second-order valence-corrected chi connectivity index (χ2v) is 7.71. The van der Waals surface area contributed by atoms with Crippen molar-refractivity contribution >= 4 is 0 Å². The van der Waals surface area contributed by atoms with Crippen LogP contribution >= 0.6 is 0 Å². The van der Waals surface area contributed by atoms with Crippen molar-refractivity contribution in [3.8, 4) is 0 Å². The maximum absolute atomic E-state index is 5.63. The third-order valence-electron chi connectivity index (χ3n) is 3.52. The average Bonchev–Trinajstić information content (AvgIpc) is 2.88. The summed E-state index contributed by atoms with van der Waals surface area (Å²) < 4.78 is 5.63. The van der Waals surface area contributed by atoms with Gasteiger partial charge in [-0.1, -0.05) is 45.0 Å². The van der Waals surface area contributed by atoms with Crippen molar-refractivity contribution < 1.29 is 4.42 Å². The zero-order valence-electron chi connectivity index (χ0n) is 14.0.